The van der Waals surface area contributed by atoms with Crippen LogP contribution in [0.4, 0.5) is 4.39 Å². The number of carbonyl (C=O) groups is 1. The maximum absolute atomic E-state index is 13.5. The van der Waals surface area contributed by atoms with Gasteiger partial charge in [-0.15, -0.1) is 0 Å². The summed E-state index contributed by atoms with van der Waals surface area (Å²) in [5.74, 6) is -1.14. The molecule has 0 atom stereocenters. The molecule has 0 unspecified atom stereocenters. The Balaban J connectivity index is 1.90. The zero-order chi connectivity index (χ0) is 19.0. The minimum Gasteiger partial charge on any atom is -0.271 e. The molecule has 0 spiro atoms. The van der Waals surface area contributed by atoms with E-state index < -0.39 is 5.95 Å². The summed E-state index contributed by atoms with van der Waals surface area (Å²) in [4.78, 5) is 20.2. The second-order valence-corrected chi connectivity index (χ2v) is 6.42. The lowest BCUT2D eigenvalue weighted by Gasteiger charge is -2.08. The van der Waals surface area contributed by atoms with Crippen LogP contribution in [0.5, 0.6) is 0 Å². The van der Waals surface area contributed by atoms with Crippen molar-refractivity contribution >= 4 is 29.1 Å². The van der Waals surface area contributed by atoms with Gasteiger partial charge < -0.3 is 0 Å². The van der Waals surface area contributed by atoms with Crippen LogP contribution >= 0.6 is 23.2 Å². The Labute approximate surface area is 162 Å². The minimum atomic E-state index is -0.774. The van der Waals surface area contributed by atoms with Gasteiger partial charge in [-0.05, 0) is 30.3 Å². The fourth-order valence-corrected chi connectivity index (χ4v) is 2.92. The Bertz CT molecular complexity index is 1140. The number of nitrogens with zero attached hydrogens (tertiary/aromatic N) is 5. The lowest BCUT2D eigenvalue weighted by Crippen LogP contribution is -2.11. The number of hydrogen-bond donors (Lipinski definition) is 0. The van der Waals surface area contributed by atoms with Crippen molar-refractivity contribution < 1.29 is 9.18 Å². The lowest BCUT2D eigenvalue weighted by molar-refractivity contribution is 0.0954. The molecule has 27 heavy (non-hydrogen) atoms. The minimum absolute atomic E-state index is 0.131. The molecule has 1 aromatic carbocycles. The van der Waals surface area contributed by atoms with Crippen LogP contribution in [0.2, 0.25) is 10.0 Å². The van der Waals surface area contributed by atoms with Crippen molar-refractivity contribution in [2.24, 2.45) is 0 Å². The average Bonchev–Trinajstić information content (AvgIpc) is 3.33. The van der Waals surface area contributed by atoms with Crippen LogP contribution in [0, 0.1) is 5.95 Å². The number of imidazole rings is 1. The first kappa shape index (κ1) is 17.4. The summed E-state index contributed by atoms with van der Waals surface area (Å²) in [5, 5.41) is 4.78. The number of benzene rings is 1. The predicted molar refractivity (Wildman–Crippen MR) is 98.7 cm³/mol. The lowest BCUT2D eigenvalue weighted by atomic mass is 10.2. The second-order valence-electron chi connectivity index (χ2n) is 5.58. The van der Waals surface area contributed by atoms with Gasteiger partial charge in [-0.25, -0.2) is 14.6 Å². The molecule has 4 rings (SSSR count). The quantitative estimate of drug-likeness (QED) is 0.481. The van der Waals surface area contributed by atoms with Crippen LogP contribution < -0.4 is 0 Å². The molecular weight excluding hydrogens is 392 g/mol. The molecule has 0 saturated heterocycles. The van der Waals surface area contributed by atoms with Crippen molar-refractivity contribution in [3.63, 3.8) is 0 Å². The molecule has 0 aliphatic rings. The molecule has 0 amide bonds. The summed E-state index contributed by atoms with van der Waals surface area (Å²) in [5.41, 5.74) is 1.81. The molecule has 134 valence electrons. The molecule has 0 N–H and O–H groups in total. The first-order valence-corrected chi connectivity index (χ1v) is 8.48. The van der Waals surface area contributed by atoms with Crippen molar-refractivity contribution in [1.29, 1.82) is 0 Å². The Morgan fingerprint density at radius 1 is 1.15 bits per heavy atom. The van der Waals surface area contributed by atoms with Gasteiger partial charge in [0.25, 0.3) is 5.91 Å². The molecule has 0 radical (unpaired) electrons. The molecule has 0 aliphatic carbocycles. The van der Waals surface area contributed by atoms with E-state index in [0.29, 0.717) is 22.0 Å². The summed E-state index contributed by atoms with van der Waals surface area (Å²) >= 11 is 12.0. The molecule has 6 nitrogen and oxygen atoms in total. The van der Waals surface area contributed by atoms with E-state index in [1.807, 2.05) is 0 Å². The zero-order valence-electron chi connectivity index (χ0n) is 13.6. The molecule has 4 aromatic rings. The number of rotatable bonds is 3. The number of aromatic nitrogens is 5. The first-order valence-electron chi connectivity index (χ1n) is 7.73. The van der Waals surface area contributed by atoms with Crippen LogP contribution in [0.25, 0.3) is 16.9 Å². The molecule has 0 saturated carbocycles. The van der Waals surface area contributed by atoms with Crippen LogP contribution in [0.1, 0.15) is 10.5 Å². The van der Waals surface area contributed by atoms with E-state index in [2.05, 4.69) is 15.1 Å². The van der Waals surface area contributed by atoms with Crippen molar-refractivity contribution in [2.45, 2.75) is 0 Å². The highest BCUT2D eigenvalue weighted by atomic mass is 35.5. The SMILES string of the molecule is O=C(c1cc(-c2cnc(F)c(Cl)c2)n(-c2cccc(Cl)c2)n1)n1ccnc1. The summed E-state index contributed by atoms with van der Waals surface area (Å²) in [6.07, 6.45) is 5.73. The first-order chi connectivity index (χ1) is 13.0. The van der Waals surface area contributed by atoms with E-state index in [4.69, 9.17) is 23.2 Å². The van der Waals surface area contributed by atoms with Crippen LogP contribution in [-0.2, 0) is 0 Å². The largest absolute Gasteiger partial charge is 0.283 e. The predicted octanol–water partition coefficient (Wildman–Crippen LogP) is 4.27. The van der Waals surface area contributed by atoms with Crippen molar-refractivity contribution in [1.82, 2.24) is 24.3 Å². The summed E-state index contributed by atoms with van der Waals surface area (Å²) in [6, 6.07) is 9.97. The zero-order valence-corrected chi connectivity index (χ0v) is 15.1. The van der Waals surface area contributed by atoms with Gasteiger partial charge in [0.05, 0.1) is 16.4 Å². The smallest absolute Gasteiger partial charge is 0.271 e. The summed E-state index contributed by atoms with van der Waals surface area (Å²) < 4.78 is 16.3. The Hall–Kier alpha value is -3.03. The highest BCUT2D eigenvalue weighted by molar-refractivity contribution is 6.31. The van der Waals surface area contributed by atoms with E-state index in [-0.39, 0.29) is 16.6 Å². The molecule has 0 bridgehead atoms. The molecule has 3 aromatic heterocycles. The van der Waals surface area contributed by atoms with Crippen LogP contribution in [0.15, 0.2) is 61.3 Å². The maximum Gasteiger partial charge on any atom is 0.283 e. The van der Waals surface area contributed by atoms with Crippen molar-refractivity contribution in [2.75, 3.05) is 0 Å². The van der Waals surface area contributed by atoms with E-state index >= 15 is 0 Å². The van der Waals surface area contributed by atoms with Gasteiger partial charge in [-0.3, -0.25) is 9.36 Å². The van der Waals surface area contributed by atoms with Gasteiger partial charge in [-0.1, -0.05) is 29.3 Å². The Morgan fingerprint density at radius 3 is 2.70 bits per heavy atom. The topological polar surface area (TPSA) is 65.6 Å². The molecule has 9 heteroatoms. The second kappa shape index (κ2) is 6.94. The summed E-state index contributed by atoms with van der Waals surface area (Å²) in [6.45, 7) is 0. The monoisotopic (exact) mass is 401 g/mol. The van der Waals surface area contributed by atoms with Gasteiger partial charge in [0.1, 0.15) is 6.33 Å². The summed E-state index contributed by atoms with van der Waals surface area (Å²) in [7, 11) is 0. The maximum atomic E-state index is 13.5. The fourth-order valence-electron chi connectivity index (χ4n) is 2.57. The normalized spacial score (nSPS) is 10.9. The Morgan fingerprint density at radius 2 is 2.00 bits per heavy atom. The Kier molecular flexibility index (Phi) is 4.47. The van der Waals surface area contributed by atoms with Crippen LogP contribution in [-0.4, -0.2) is 30.2 Å². The van der Waals surface area contributed by atoms with Gasteiger partial charge in [0, 0.05) is 29.2 Å². The highest BCUT2D eigenvalue weighted by Crippen LogP contribution is 2.28. The van der Waals surface area contributed by atoms with Gasteiger partial charge >= 0.3 is 0 Å². The number of carbonyl (C=O) groups excluding carboxylic acids is 1. The number of pyridine rings is 1. The van der Waals surface area contributed by atoms with E-state index in [0.717, 1.165) is 0 Å². The highest BCUT2D eigenvalue weighted by Gasteiger charge is 2.19. The number of halogens is 3. The molecule has 0 aliphatic heterocycles. The van der Waals surface area contributed by atoms with Crippen molar-refractivity contribution in [3.05, 3.63) is 83.0 Å². The molecule has 0 fully saturated rings. The fraction of sp³-hybridized carbons (Fsp3) is 0. The van der Waals surface area contributed by atoms with Gasteiger partial charge in [0.2, 0.25) is 5.95 Å². The number of hydrogen-bond acceptors (Lipinski definition) is 4. The third kappa shape index (κ3) is 3.34. The van der Waals surface area contributed by atoms with E-state index in [1.165, 1.54) is 40.2 Å². The standard InChI is InChI=1S/C18H10Cl2FN5O/c19-12-2-1-3-13(7-12)26-16(11-6-14(20)17(21)23-9-11)8-15(24-26)18(27)25-5-4-22-10-25/h1-10H. The molecular formula is C18H10Cl2FN5O. The van der Waals surface area contributed by atoms with Crippen molar-refractivity contribution in [3.8, 4) is 16.9 Å². The van der Waals surface area contributed by atoms with Gasteiger partial charge in [0.15, 0.2) is 5.69 Å². The van der Waals surface area contributed by atoms with Gasteiger partial charge in [-0.2, -0.15) is 9.49 Å². The average molecular weight is 402 g/mol. The van der Waals surface area contributed by atoms with E-state index in [1.54, 1.807) is 30.3 Å². The third-order valence-electron chi connectivity index (χ3n) is 3.81. The van der Waals surface area contributed by atoms with E-state index in [9.17, 15) is 9.18 Å². The third-order valence-corrected chi connectivity index (χ3v) is 4.31. The van der Waals surface area contributed by atoms with Crippen LogP contribution in [0.3, 0.4) is 0 Å². The molecule has 3 heterocycles.